The minimum atomic E-state index is 0.369. The SMILES string of the molecule is CC(C)N1CCC[C@@H]1CN1CCC[C@H](Cn2c(CN(C)C3CCCc4cccnc43)nc3ccccc32)C1. The molecular weight excluding hydrogens is 468 g/mol. The number of hydrogen-bond acceptors (Lipinski definition) is 5. The number of rotatable bonds is 8. The summed E-state index contributed by atoms with van der Waals surface area (Å²) in [5, 5.41) is 0. The van der Waals surface area contributed by atoms with E-state index >= 15 is 0 Å². The van der Waals surface area contributed by atoms with Gasteiger partial charge < -0.3 is 9.47 Å². The summed E-state index contributed by atoms with van der Waals surface area (Å²) in [6.45, 7) is 11.6. The van der Waals surface area contributed by atoms with Gasteiger partial charge in [-0.15, -0.1) is 0 Å². The van der Waals surface area contributed by atoms with Crippen LogP contribution in [0.3, 0.4) is 0 Å². The quantitative estimate of drug-likeness (QED) is 0.396. The molecule has 1 aliphatic carbocycles. The van der Waals surface area contributed by atoms with Crippen molar-refractivity contribution < 1.29 is 0 Å². The van der Waals surface area contributed by atoms with E-state index in [0.717, 1.165) is 31.1 Å². The Balaban J connectivity index is 1.19. The third-order valence-electron chi connectivity index (χ3n) is 9.42. The van der Waals surface area contributed by atoms with E-state index in [1.165, 1.54) is 87.3 Å². The topological polar surface area (TPSA) is 40.4 Å². The molecule has 0 amide bonds. The predicted octanol–water partition coefficient (Wildman–Crippen LogP) is 5.53. The molecule has 2 aromatic heterocycles. The Morgan fingerprint density at radius 3 is 2.74 bits per heavy atom. The summed E-state index contributed by atoms with van der Waals surface area (Å²) in [6, 6.07) is 14.9. The predicted molar refractivity (Wildman–Crippen MR) is 155 cm³/mol. The maximum atomic E-state index is 5.18. The molecule has 6 heteroatoms. The lowest BCUT2D eigenvalue weighted by Crippen LogP contribution is -2.46. The fourth-order valence-electron chi connectivity index (χ4n) is 7.55. The van der Waals surface area contributed by atoms with Crippen molar-refractivity contribution in [1.29, 1.82) is 0 Å². The molecular formula is C32H46N6. The molecule has 0 radical (unpaired) electrons. The maximum absolute atomic E-state index is 5.18. The van der Waals surface area contributed by atoms with Gasteiger partial charge in [0.2, 0.25) is 0 Å². The van der Waals surface area contributed by atoms with Gasteiger partial charge in [0.25, 0.3) is 0 Å². The fraction of sp³-hybridized carbons (Fsp3) is 0.625. The summed E-state index contributed by atoms with van der Waals surface area (Å²) >= 11 is 0. The van der Waals surface area contributed by atoms with Crippen LogP contribution in [0.2, 0.25) is 0 Å². The number of fused-ring (bicyclic) bond motifs is 2. The number of pyridine rings is 1. The molecule has 6 nitrogen and oxygen atoms in total. The Labute approximate surface area is 229 Å². The number of aryl methyl sites for hydroxylation is 1. The van der Waals surface area contributed by atoms with E-state index in [4.69, 9.17) is 9.97 Å². The highest BCUT2D eigenvalue weighted by atomic mass is 15.3. The minimum absolute atomic E-state index is 0.369. The van der Waals surface area contributed by atoms with Crippen molar-refractivity contribution >= 4 is 11.0 Å². The van der Waals surface area contributed by atoms with Crippen LogP contribution >= 0.6 is 0 Å². The van der Waals surface area contributed by atoms with E-state index in [0.29, 0.717) is 18.0 Å². The number of imidazole rings is 1. The Hall–Kier alpha value is -2.28. The number of likely N-dealkylation sites (tertiary alicyclic amines) is 2. The molecule has 0 N–H and O–H groups in total. The lowest BCUT2D eigenvalue weighted by Gasteiger charge is -2.38. The molecule has 0 bridgehead atoms. The fourth-order valence-corrected chi connectivity index (χ4v) is 7.55. The van der Waals surface area contributed by atoms with Crippen LogP contribution in [0.15, 0.2) is 42.6 Å². The van der Waals surface area contributed by atoms with Crippen molar-refractivity contribution in [1.82, 2.24) is 29.2 Å². The van der Waals surface area contributed by atoms with Crippen LogP contribution in [-0.4, -0.2) is 74.5 Å². The van der Waals surface area contributed by atoms with Gasteiger partial charge in [-0.1, -0.05) is 18.2 Å². The van der Waals surface area contributed by atoms with Crippen LogP contribution in [-0.2, 0) is 19.5 Å². The van der Waals surface area contributed by atoms with Crippen LogP contribution in [0, 0.1) is 5.92 Å². The Morgan fingerprint density at radius 2 is 1.84 bits per heavy atom. The molecule has 2 fully saturated rings. The van der Waals surface area contributed by atoms with E-state index in [-0.39, 0.29) is 0 Å². The molecule has 4 heterocycles. The monoisotopic (exact) mass is 514 g/mol. The van der Waals surface area contributed by atoms with Crippen molar-refractivity contribution in [2.45, 2.75) is 90.0 Å². The van der Waals surface area contributed by atoms with Crippen molar-refractivity contribution in [3.63, 3.8) is 0 Å². The summed E-state index contributed by atoms with van der Waals surface area (Å²) in [6.07, 6.45) is 10.9. The third kappa shape index (κ3) is 5.41. The number of aromatic nitrogens is 3. The first-order valence-corrected chi connectivity index (χ1v) is 15.1. The summed E-state index contributed by atoms with van der Waals surface area (Å²) in [7, 11) is 2.27. The first-order valence-electron chi connectivity index (χ1n) is 15.1. The van der Waals surface area contributed by atoms with Crippen molar-refractivity contribution in [2.75, 3.05) is 33.2 Å². The standard InChI is InChI=1S/C32H46N6/c1-24(2)37-19-9-13-27(37)22-36-18-8-10-25(20-36)21-38-29-15-5-4-14-28(29)34-31(38)23-35(3)30-16-6-11-26-12-7-17-33-32(26)30/h4-5,7,12,14-15,17,24-25,27,30H,6,8-11,13,16,18-23H2,1-3H3/t25-,27+,30?/m0/s1. The van der Waals surface area contributed by atoms with E-state index in [1.54, 1.807) is 0 Å². The number of para-hydroxylation sites is 2. The molecule has 0 saturated carbocycles. The van der Waals surface area contributed by atoms with Gasteiger partial charge in [-0.25, -0.2) is 4.98 Å². The van der Waals surface area contributed by atoms with E-state index in [9.17, 15) is 0 Å². The molecule has 2 saturated heterocycles. The number of nitrogens with zero attached hydrogens (tertiary/aromatic N) is 6. The molecule has 0 spiro atoms. The zero-order valence-electron chi connectivity index (χ0n) is 23.7. The Bertz CT molecular complexity index is 1220. The second-order valence-electron chi connectivity index (χ2n) is 12.4. The van der Waals surface area contributed by atoms with Crippen molar-refractivity contribution in [3.8, 4) is 0 Å². The van der Waals surface area contributed by atoms with Gasteiger partial charge in [-0.05, 0) is 109 Å². The first kappa shape index (κ1) is 26.0. The average molecular weight is 515 g/mol. The summed E-state index contributed by atoms with van der Waals surface area (Å²) < 4.78 is 2.55. The lowest BCUT2D eigenvalue weighted by atomic mass is 9.91. The van der Waals surface area contributed by atoms with Crippen molar-refractivity contribution in [2.24, 2.45) is 5.92 Å². The average Bonchev–Trinajstić information content (AvgIpc) is 3.53. The normalized spacial score (nSPS) is 25.0. The largest absolute Gasteiger partial charge is 0.327 e. The molecule has 3 aliphatic rings. The number of piperidine rings is 1. The van der Waals surface area contributed by atoms with E-state index < -0.39 is 0 Å². The minimum Gasteiger partial charge on any atom is -0.327 e. The zero-order chi connectivity index (χ0) is 26.1. The maximum Gasteiger partial charge on any atom is 0.124 e. The highest BCUT2D eigenvalue weighted by molar-refractivity contribution is 5.75. The number of benzene rings is 1. The van der Waals surface area contributed by atoms with Gasteiger partial charge in [0, 0.05) is 37.9 Å². The van der Waals surface area contributed by atoms with Crippen LogP contribution in [0.25, 0.3) is 11.0 Å². The summed E-state index contributed by atoms with van der Waals surface area (Å²) in [4.78, 5) is 18.0. The summed E-state index contributed by atoms with van der Waals surface area (Å²) in [5.74, 6) is 1.88. The highest BCUT2D eigenvalue weighted by Crippen LogP contribution is 2.33. The van der Waals surface area contributed by atoms with Gasteiger partial charge >= 0.3 is 0 Å². The molecule has 1 unspecified atom stereocenters. The zero-order valence-corrected chi connectivity index (χ0v) is 23.7. The smallest absolute Gasteiger partial charge is 0.124 e. The van der Waals surface area contributed by atoms with Crippen LogP contribution < -0.4 is 0 Å². The van der Waals surface area contributed by atoms with Crippen molar-refractivity contribution in [3.05, 3.63) is 59.7 Å². The highest BCUT2D eigenvalue weighted by Gasteiger charge is 2.31. The molecule has 6 rings (SSSR count). The van der Waals surface area contributed by atoms with Gasteiger partial charge in [-0.2, -0.15) is 0 Å². The molecule has 1 aromatic carbocycles. The molecule has 3 atom stereocenters. The Morgan fingerprint density at radius 1 is 0.974 bits per heavy atom. The molecule has 38 heavy (non-hydrogen) atoms. The molecule has 204 valence electrons. The van der Waals surface area contributed by atoms with E-state index in [1.807, 2.05) is 6.20 Å². The van der Waals surface area contributed by atoms with Crippen LogP contribution in [0.5, 0.6) is 0 Å². The van der Waals surface area contributed by atoms with Crippen LogP contribution in [0.1, 0.15) is 75.5 Å². The lowest BCUT2D eigenvalue weighted by molar-refractivity contribution is 0.106. The third-order valence-corrected chi connectivity index (χ3v) is 9.42. The van der Waals surface area contributed by atoms with Crippen LogP contribution in [0.4, 0.5) is 0 Å². The molecule has 3 aromatic rings. The van der Waals surface area contributed by atoms with Gasteiger partial charge in [0.1, 0.15) is 5.82 Å². The van der Waals surface area contributed by atoms with Gasteiger partial charge in [-0.3, -0.25) is 14.8 Å². The second kappa shape index (κ2) is 11.4. The van der Waals surface area contributed by atoms with E-state index in [2.05, 4.69) is 76.6 Å². The number of hydrogen-bond donors (Lipinski definition) is 0. The second-order valence-corrected chi connectivity index (χ2v) is 12.4. The summed E-state index contributed by atoms with van der Waals surface area (Å²) in [5.41, 5.74) is 5.11. The first-order chi connectivity index (χ1) is 18.6. The molecule has 2 aliphatic heterocycles. The Kier molecular flexibility index (Phi) is 7.82. The van der Waals surface area contributed by atoms with Gasteiger partial charge in [0.05, 0.1) is 29.3 Å². The van der Waals surface area contributed by atoms with Gasteiger partial charge in [0.15, 0.2) is 0 Å².